The second-order valence-electron chi connectivity index (χ2n) is 5.59. The average molecular weight is 357 g/mol. The Balaban J connectivity index is 1.73. The van der Waals surface area contributed by atoms with Crippen LogP contribution in [0.1, 0.15) is 22.3 Å². The van der Waals surface area contributed by atoms with E-state index in [-0.39, 0.29) is 6.54 Å². The maximum absolute atomic E-state index is 12.2. The fraction of sp³-hybridized carbons (Fsp3) is 0.300. The quantitative estimate of drug-likeness (QED) is 0.552. The maximum atomic E-state index is 12.2. The Morgan fingerprint density at radius 1 is 0.962 bits per heavy atom. The number of methoxy groups -OCH3 is 2. The largest absolute Gasteiger partial charge is 0.497 e. The summed E-state index contributed by atoms with van der Waals surface area (Å²) in [7, 11) is 3.01. The lowest BCUT2D eigenvalue weighted by molar-refractivity contribution is -0.142. The molecule has 6 heteroatoms. The summed E-state index contributed by atoms with van der Waals surface area (Å²) < 4.78 is 15.4. The van der Waals surface area contributed by atoms with Crippen LogP contribution in [0.4, 0.5) is 0 Å². The molecule has 0 aliphatic rings. The van der Waals surface area contributed by atoms with Gasteiger partial charge in [0.2, 0.25) is 0 Å². The topological polar surface area (TPSA) is 73.9 Å². The number of aryl methyl sites for hydroxylation is 1. The van der Waals surface area contributed by atoms with Gasteiger partial charge in [-0.2, -0.15) is 0 Å². The van der Waals surface area contributed by atoms with Gasteiger partial charge in [0, 0.05) is 11.6 Å². The summed E-state index contributed by atoms with van der Waals surface area (Å²) in [4.78, 5) is 23.9. The number of rotatable bonds is 9. The first kappa shape index (κ1) is 19.3. The van der Waals surface area contributed by atoms with Crippen LogP contribution in [0.2, 0.25) is 0 Å². The third kappa shape index (κ3) is 6.12. The van der Waals surface area contributed by atoms with Crippen molar-refractivity contribution in [3.05, 3.63) is 59.7 Å². The second kappa shape index (κ2) is 10.1. The lowest BCUT2D eigenvalue weighted by Gasteiger charge is -2.09. The van der Waals surface area contributed by atoms with E-state index in [4.69, 9.17) is 14.2 Å². The van der Waals surface area contributed by atoms with Gasteiger partial charge in [0.05, 0.1) is 20.8 Å². The van der Waals surface area contributed by atoms with E-state index in [0.717, 1.165) is 12.8 Å². The van der Waals surface area contributed by atoms with E-state index in [2.05, 4.69) is 5.32 Å². The van der Waals surface area contributed by atoms with Crippen molar-refractivity contribution in [2.45, 2.75) is 12.8 Å². The Bertz CT molecular complexity index is 708. The van der Waals surface area contributed by atoms with Crippen LogP contribution < -0.4 is 14.8 Å². The first-order valence-corrected chi connectivity index (χ1v) is 8.33. The fourth-order valence-electron chi connectivity index (χ4n) is 2.35. The molecular formula is C20H23NO5. The van der Waals surface area contributed by atoms with Gasteiger partial charge in [-0.3, -0.25) is 9.59 Å². The minimum atomic E-state index is -0.471. The van der Waals surface area contributed by atoms with Gasteiger partial charge in [0.1, 0.15) is 18.0 Å². The van der Waals surface area contributed by atoms with E-state index in [1.54, 1.807) is 18.2 Å². The number of ether oxygens (including phenoxy) is 3. The Labute approximate surface area is 153 Å². The molecule has 6 nitrogen and oxygen atoms in total. The van der Waals surface area contributed by atoms with E-state index in [1.807, 2.05) is 30.3 Å². The molecule has 1 amide bonds. The molecule has 0 spiro atoms. The van der Waals surface area contributed by atoms with Crippen LogP contribution in [0.3, 0.4) is 0 Å². The number of hydrogen-bond acceptors (Lipinski definition) is 5. The first-order valence-electron chi connectivity index (χ1n) is 8.33. The Kier molecular flexibility index (Phi) is 7.49. The van der Waals surface area contributed by atoms with E-state index in [1.165, 1.54) is 19.8 Å². The summed E-state index contributed by atoms with van der Waals surface area (Å²) in [6.45, 7) is 0.125. The van der Waals surface area contributed by atoms with Gasteiger partial charge in [0.15, 0.2) is 0 Å². The Morgan fingerprint density at radius 3 is 2.23 bits per heavy atom. The van der Waals surface area contributed by atoms with Crippen molar-refractivity contribution in [3.8, 4) is 11.5 Å². The molecule has 0 aliphatic carbocycles. The lowest BCUT2D eigenvalue weighted by atomic mass is 10.1. The number of carbonyl (C=O) groups is 2. The van der Waals surface area contributed by atoms with Gasteiger partial charge >= 0.3 is 5.97 Å². The Morgan fingerprint density at radius 2 is 1.62 bits per heavy atom. The zero-order valence-corrected chi connectivity index (χ0v) is 15.0. The van der Waals surface area contributed by atoms with Crippen LogP contribution in [-0.2, 0) is 16.0 Å². The Hall–Kier alpha value is -3.02. The summed E-state index contributed by atoms with van der Waals surface area (Å²) in [5.74, 6) is 0.126. The molecule has 0 unspecified atom stereocenters. The number of nitrogens with one attached hydrogen (secondary N) is 1. The molecule has 0 saturated heterocycles. The van der Waals surface area contributed by atoms with Gasteiger partial charge in [0.25, 0.3) is 5.91 Å². The van der Waals surface area contributed by atoms with Crippen LogP contribution >= 0.6 is 0 Å². The van der Waals surface area contributed by atoms with Crippen molar-refractivity contribution in [1.82, 2.24) is 5.32 Å². The molecule has 2 rings (SSSR count). The molecule has 0 aromatic heterocycles. The molecule has 0 aliphatic heterocycles. The van der Waals surface area contributed by atoms with Crippen molar-refractivity contribution < 1.29 is 23.8 Å². The summed E-state index contributed by atoms with van der Waals surface area (Å²) in [6.07, 6.45) is 1.57. The molecule has 2 aromatic rings. The summed E-state index contributed by atoms with van der Waals surface area (Å²) in [5.41, 5.74) is 1.54. The average Bonchev–Trinajstić information content (AvgIpc) is 2.69. The van der Waals surface area contributed by atoms with Crippen LogP contribution in [0.25, 0.3) is 0 Å². The molecule has 138 valence electrons. The molecular weight excluding hydrogens is 334 g/mol. The zero-order chi connectivity index (χ0) is 18.8. The molecule has 0 radical (unpaired) electrons. The standard InChI is InChI=1S/C20H23NO5/c1-24-17-11-16(12-18(13-17)25-2)20(23)21-14-19(22)26-10-6-9-15-7-4-3-5-8-15/h3-5,7-8,11-13H,6,9-10,14H2,1-2H3,(H,21,23). The molecule has 26 heavy (non-hydrogen) atoms. The van der Waals surface area contributed by atoms with E-state index >= 15 is 0 Å². The third-order valence-corrected chi connectivity index (χ3v) is 3.72. The summed E-state index contributed by atoms with van der Waals surface area (Å²) >= 11 is 0. The van der Waals surface area contributed by atoms with Gasteiger partial charge in [-0.1, -0.05) is 30.3 Å². The van der Waals surface area contributed by atoms with Crippen LogP contribution in [0.5, 0.6) is 11.5 Å². The summed E-state index contributed by atoms with van der Waals surface area (Å²) in [6, 6.07) is 14.8. The molecule has 2 aromatic carbocycles. The van der Waals surface area contributed by atoms with Crippen molar-refractivity contribution in [3.63, 3.8) is 0 Å². The van der Waals surface area contributed by atoms with E-state index < -0.39 is 11.9 Å². The number of esters is 1. The highest BCUT2D eigenvalue weighted by molar-refractivity contribution is 5.96. The highest BCUT2D eigenvalue weighted by Gasteiger charge is 2.12. The zero-order valence-electron chi connectivity index (χ0n) is 15.0. The van der Waals surface area contributed by atoms with E-state index in [9.17, 15) is 9.59 Å². The smallest absolute Gasteiger partial charge is 0.325 e. The molecule has 0 heterocycles. The first-order chi connectivity index (χ1) is 12.6. The minimum Gasteiger partial charge on any atom is -0.497 e. The molecule has 0 fully saturated rings. The van der Waals surface area contributed by atoms with Gasteiger partial charge in [-0.25, -0.2) is 0 Å². The van der Waals surface area contributed by atoms with Gasteiger partial charge in [-0.05, 0) is 30.5 Å². The van der Waals surface area contributed by atoms with Crippen molar-refractivity contribution in [2.24, 2.45) is 0 Å². The number of amides is 1. The fourth-order valence-corrected chi connectivity index (χ4v) is 2.35. The highest BCUT2D eigenvalue weighted by Crippen LogP contribution is 2.22. The molecule has 0 saturated carbocycles. The molecule has 1 N–H and O–H groups in total. The monoisotopic (exact) mass is 357 g/mol. The SMILES string of the molecule is COc1cc(OC)cc(C(=O)NCC(=O)OCCCc2ccccc2)c1. The van der Waals surface area contributed by atoms with Gasteiger partial charge < -0.3 is 19.5 Å². The second-order valence-corrected chi connectivity index (χ2v) is 5.59. The summed E-state index contributed by atoms with van der Waals surface area (Å²) in [5, 5.41) is 2.54. The predicted molar refractivity (Wildman–Crippen MR) is 97.6 cm³/mol. The van der Waals surface area contributed by atoms with Crippen LogP contribution in [-0.4, -0.2) is 39.2 Å². The number of carbonyl (C=O) groups excluding carboxylic acids is 2. The third-order valence-electron chi connectivity index (χ3n) is 3.72. The van der Waals surface area contributed by atoms with E-state index in [0.29, 0.717) is 23.7 Å². The minimum absolute atomic E-state index is 0.191. The van der Waals surface area contributed by atoms with Crippen molar-refractivity contribution >= 4 is 11.9 Å². The van der Waals surface area contributed by atoms with Crippen LogP contribution in [0.15, 0.2) is 48.5 Å². The highest BCUT2D eigenvalue weighted by atomic mass is 16.5. The van der Waals surface area contributed by atoms with Gasteiger partial charge in [-0.15, -0.1) is 0 Å². The molecule has 0 bridgehead atoms. The van der Waals surface area contributed by atoms with Crippen molar-refractivity contribution in [1.29, 1.82) is 0 Å². The lowest BCUT2D eigenvalue weighted by Crippen LogP contribution is -2.30. The number of benzene rings is 2. The number of hydrogen-bond donors (Lipinski definition) is 1. The molecule has 0 atom stereocenters. The van der Waals surface area contributed by atoms with Crippen LogP contribution in [0, 0.1) is 0 Å². The predicted octanol–water partition coefficient (Wildman–Crippen LogP) is 2.61. The van der Waals surface area contributed by atoms with Crippen molar-refractivity contribution in [2.75, 3.05) is 27.4 Å². The normalized spacial score (nSPS) is 10.1. The maximum Gasteiger partial charge on any atom is 0.325 e.